The van der Waals surface area contributed by atoms with Crippen LogP contribution in [-0.4, -0.2) is 21.9 Å². The molecule has 1 rings (SSSR count). The van der Waals surface area contributed by atoms with Crippen LogP contribution in [0.4, 0.5) is 4.39 Å². The lowest BCUT2D eigenvalue weighted by atomic mass is 10.0. The lowest BCUT2D eigenvalue weighted by molar-refractivity contribution is 0.274. The van der Waals surface area contributed by atoms with E-state index in [0.717, 1.165) is 6.07 Å². The minimum atomic E-state index is -1.09. The molecule has 1 atom stereocenters. The zero-order valence-corrected chi connectivity index (χ0v) is 7.44. The minimum Gasteiger partial charge on any atom is -0.505 e. The van der Waals surface area contributed by atoms with Crippen LogP contribution >= 0.6 is 0 Å². The van der Waals surface area contributed by atoms with E-state index in [9.17, 15) is 9.50 Å². The summed E-state index contributed by atoms with van der Waals surface area (Å²) in [7, 11) is 0. The van der Waals surface area contributed by atoms with Crippen LogP contribution in [0.25, 0.3) is 0 Å². The monoisotopic (exact) mass is 201 g/mol. The Bertz CT molecular complexity index is 330. The summed E-state index contributed by atoms with van der Waals surface area (Å²) in [6.07, 6.45) is 0.220. The number of aromatic hydroxyl groups is 2. The van der Waals surface area contributed by atoms with Crippen molar-refractivity contribution in [2.45, 2.75) is 12.5 Å². The van der Waals surface area contributed by atoms with E-state index in [1.165, 1.54) is 6.07 Å². The number of hydrogen-bond donors (Lipinski definition) is 4. The van der Waals surface area contributed by atoms with Crippen molar-refractivity contribution in [3.8, 4) is 11.5 Å². The Balaban J connectivity index is 3.04. The molecule has 5 N–H and O–H groups in total. The zero-order valence-electron chi connectivity index (χ0n) is 7.44. The molecule has 1 aromatic carbocycles. The van der Waals surface area contributed by atoms with Crippen LogP contribution in [0.1, 0.15) is 18.0 Å². The van der Waals surface area contributed by atoms with Gasteiger partial charge in [0.15, 0.2) is 11.5 Å². The second-order valence-corrected chi connectivity index (χ2v) is 2.96. The van der Waals surface area contributed by atoms with Crippen molar-refractivity contribution in [3.05, 3.63) is 23.5 Å². The van der Waals surface area contributed by atoms with Crippen molar-refractivity contribution in [2.75, 3.05) is 6.61 Å². The maximum Gasteiger partial charge on any atom is 0.206 e. The van der Waals surface area contributed by atoms with Gasteiger partial charge >= 0.3 is 0 Å². The molecule has 5 heteroatoms. The SMILES string of the molecule is NC(CCO)c1ccc(O)c(F)c1O. The normalized spacial score (nSPS) is 12.8. The first-order chi connectivity index (χ1) is 6.57. The molecule has 0 aliphatic carbocycles. The van der Waals surface area contributed by atoms with E-state index in [4.69, 9.17) is 15.9 Å². The predicted molar refractivity (Wildman–Crippen MR) is 48.4 cm³/mol. The molecule has 0 saturated heterocycles. The Kier molecular flexibility index (Phi) is 3.27. The lowest BCUT2D eigenvalue weighted by Gasteiger charge is -2.12. The van der Waals surface area contributed by atoms with Gasteiger partial charge < -0.3 is 21.1 Å². The third-order valence-corrected chi connectivity index (χ3v) is 1.97. The first-order valence-electron chi connectivity index (χ1n) is 4.14. The van der Waals surface area contributed by atoms with Crippen LogP contribution < -0.4 is 5.73 Å². The van der Waals surface area contributed by atoms with Crippen LogP contribution in [0.2, 0.25) is 0 Å². The van der Waals surface area contributed by atoms with Gasteiger partial charge in [-0.3, -0.25) is 0 Å². The molecule has 0 aliphatic heterocycles. The molecule has 0 spiro atoms. The van der Waals surface area contributed by atoms with Gasteiger partial charge in [0.25, 0.3) is 0 Å². The third-order valence-electron chi connectivity index (χ3n) is 1.97. The summed E-state index contributed by atoms with van der Waals surface area (Å²) in [5.74, 6) is -2.37. The molecule has 0 aromatic heterocycles. The molecule has 0 fully saturated rings. The summed E-state index contributed by atoms with van der Waals surface area (Å²) >= 11 is 0. The Morgan fingerprint density at radius 1 is 1.36 bits per heavy atom. The average molecular weight is 201 g/mol. The van der Waals surface area contributed by atoms with Crippen LogP contribution in [0.3, 0.4) is 0 Å². The number of nitrogens with two attached hydrogens (primary N) is 1. The number of benzene rings is 1. The molecular weight excluding hydrogens is 189 g/mol. The fraction of sp³-hybridized carbons (Fsp3) is 0.333. The molecule has 78 valence electrons. The smallest absolute Gasteiger partial charge is 0.206 e. The van der Waals surface area contributed by atoms with Crippen molar-refractivity contribution >= 4 is 0 Å². The standard InChI is InChI=1S/C9H12FNO3/c10-8-7(13)2-1-5(9(8)14)6(11)3-4-12/h1-2,6,12-14H,3-4,11H2. The highest BCUT2D eigenvalue weighted by atomic mass is 19.1. The van der Waals surface area contributed by atoms with Crippen molar-refractivity contribution in [1.29, 1.82) is 0 Å². The Hall–Kier alpha value is -1.33. The summed E-state index contributed by atoms with van der Waals surface area (Å²) in [6.45, 7) is -0.150. The maximum absolute atomic E-state index is 13.0. The summed E-state index contributed by atoms with van der Waals surface area (Å²) in [5, 5.41) is 26.8. The summed E-state index contributed by atoms with van der Waals surface area (Å²) in [6, 6.07) is 1.80. The first kappa shape index (κ1) is 10.7. The lowest BCUT2D eigenvalue weighted by Crippen LogP contribution is -2.12. The van der Waals surface area contributed by atoms with Crippen LogP contribution in [-0.2, 0) is 0 Å². The predicted octanol–water partition coefficient (Wildman–Crippen LogP) is 0.619. The van der Waals surface area contributed by atoms with E-state index in [1.54, 1.807) is 0 Å². The second kappa shape index (κ2) is 4.26. The molecule has 4 nitrogen and oxygen atoms in total. The molecule has 1 unspecified atom stereocenters. The van der Waals surface area contributed by atoms with E-state index in [0.29, 0.717) is 0 Å². The first-order valence-corrected chi connectivity index (χ1v) is 4.14. The van der Waals surface area contributed by atoms with E-state index in [2.05, 4.69) is 0 Å². The highest BCUT2D eigenvalue weighted by Crippen LogP contribution is 2.32. The summed E-state index contributed by atoms with van der Waals surface area (Å²) < 4.78 is 13.0. The third kappa shape index (κ3) is 1.94. The molecular formula is C9H12FNO3. The number of aliphatic hydroxyl groups excluding tert-OH is 1. The fourth-order valence-electron chi connectivity index (χ4n) is 1.16. The highest BCUT2D eigenvalue weighted by molar-refractivity contribution is 5.42. The van der Waals surface area contributed by atoms with Crippen molar-refractivity contribution in [2.24, 2.45) is 5.73 Å². The molecule has 0 saturated carbocycles. The van der Waals surface area contributed by atoms with E-state index >= 15 is 0 Å². The molecule has 0 bridgehead atoms. The number of phenols is 2. The van der Waals surface area contributed by atoms with Crippen LogP contribution in [0.15, 0.2) is 12.1 Å². The summed E-state index contributed by atoms with van der Waals surface area (Å²) in [5.41, 5.74) is 5.73. The zero-order chi connectivity index (χ0) is 10.7. The van der Waals surface area contributed by atoms with Gasteiger partial charge in [-0.2, -0.15) is 4.39 Å². The van der Waals surface area contributed by atoms with Crippen LogP contribution in [0.5, 0.6) is 11.5 Å². The van der Waals surface area contributed by atoms with Crippen molar-refractivity contribution < 1.29 is 19.7 Å². The number of hydrogen-bond acceptors (Lipinski definition) is 4. The van der Waals surface area contributed by atoms with Gasteiger partial charge in [-0.15, -0.1) is 0 Å². The molecule has 0 radical (unpaired) electrons. The number of halogens is 1. The van der Waals surface area contributed by atoms with Gasteiger partial charge in [-0.25, -0.2) is 0 Å². The second-order valence-electron chi connectivity index (χ2n) is 2.96. The van der Waals surface area contributed by atoms with E-state index in [-0.39, 0.29) is 18.6 Å². The van der Waals surface area contributed by atoms with Gasteiger partial charge in [-0.1, -0.05) is 0 Å². The van der Waals surface area contributed by atoms with Gasteiger partial charge in [-0.05, 0) is 18.6 Å². The Labute approximate surface area is 80.4 Å². The number of aliphatic hydroxyl groups is 1. The van der Waals surface area contributed by atoms with Gasteiger partial charge in [0.2, 0.25) is 5.82 Å². The van der Waals surface area contributed by atoms with E-state index in [1.807, 2.05) is 0 Å². The topological polar surface area (TPSA) is 86.7 Å². The number of rotatable bonds is 3. The van der Waals surface area contributed by atoms with Gasteiger partial charge in [0.05, 0.1) is 0 Å². The highest BCUT2D eigenvalue weighted by Gasteiger charge is 2.16. The molecule has 0 amide bonds. The molecule has 0 aliphatic rings. The minimum absolute atomic E-state index is 0.150. The molecule has 0 heterocycles. The number of phenolic OH excluding ortho intramolecular Hbond substituents is 2. The fourth-order valence-corrected chi connectivity index (χ4v) is 1.16. The summed E-state index contributed by atoms with van der Waals surface area (Å²) in [4.78, 5) is 0. The molecule has 1 aromatic rings. The van der Waals surface area contributed by atoms with Gasteiger partial charge in [0, 0.05) is 18.2 Å². The van der Waals surface area contributed by atoms with Crippen molar-refractivity contribution in [3.63, 3.8) is 0 Å². The van der Waals surface area contributed by atoms with Gasteiger partial charge in [0.1, 0.15) is 0 Å². The maximum atomic E-state index is 13.0. The quantitative estimate of drug-likeness (QED) is 0.577. The van der Waals surface area contributed by atoms with Crippen LogP contribution in [0, 0.1) is 5.82 Å². The Morgan fingerprint density at radius 3 is 2.57 bits per heavy atom. The molecule has 14 heavy (non-hydrogen) atoms. The average Bonchev–Trinajstić information content (AvgIpc) is 2.15. The largest absolute Gasteiger partial charge is 0.505 e. The van der Waals surface area contributed by atoms with E-state index < -0.39 is 23.4 Å². The Morgan fingerprint density at radius 2 is 2.00 bits per heavy atom. The van der Waals surface area contributed by atoms with Crippen molar-refractivity contribution in [1.82, 2.24) is 0 Å².